The highest BCUT2D eigenvalue weighted by molar-refractivity contribution is 5.87. The van der Waals surface area contributed by atoms with E-state index in [2.05, 4.69) is 19.9 Å². The van der Waals surface area contributed by atoms with Crippen molar-refractivity contribution in [3.05, 3.63) is 18.6 Å². The highest BCUT2D eigenvalue weighted by Crippen LogP contribution is 2.28. The molecule has 0 saturated carbocycles. The fraction of sp³-hybridized carbons (Fsp3) is 0.500. The van der Waals surface area contributed by atoms with Gasteiger partial charge >= 0.3 is 0 Å². The highest BCUT2D eigenvalue weighted by atomic mass is 16.5. The first-order valence-corrected chi connectivity index (χ1v) is 5.94. The summed E-state index contributed by atoms with van der Waals surface area (Å²) in [4.78, 5) is 14.1. The van der Waals surface area contributed by atoms with Crippen LogP contribution in [0.25, 0.3) is 11.0 Å². The molecule has 3 heterocycles. The lowest BCUT2D eigenvalue weighted by Gasteiger charge is -2.25. The summed E-state index contributed by atoms with van der Waals surface area (Å²) in [5, 5.41) is 1.09. The Labute approximate surface area is 99.8 Å². The summed E-state index contributed by atoms with van der Waals surface area (Å²) in [6, 6.07) is 2.47. The van der Waals surface area contributed by atoms with Gasteiger partial charge in [-0.05, 0) is 18.9 Å². The highest BCUT2D eigenvalue weighted by Gasteiger charge is 2.26. The Morgan fingerprint density at radius 3 is 3.35 bits per heavy atom. The lowest BCUT2D eigenvalue weighted by Crippen LogP contribution is -2.33. The first-order valence-electron chi connectivity index (χ1n) is 5.94. The number of aromatic amines is 1. The van der Waals surface area contributed by atoms with Gasteiger partial charge in [-0.1, -0.05) is 0 Å². The molecule has 1 atom stereocenters. The van der Waals surface area contributed by atoms with E-state index in [1.165, 1.54) is 12.8 Å². The molecule has 0 radical (unpaired) electrons. The van der Waals surface area contributed by atoms with Gasteiger partial charge in [-0.15, -0.1) is 0 Å². The largest absolute Gasteiger partial charge is 0.383 e. The van der Waals surface area contributed by atoms with Crippen molar-refractivity contribution in [2.45, 2.75) is 18.9 Å². The molecule has 1 unspecified atom stereocenters. The summed E-state index contributed by atoms with van der Waals surface area (Å²) in [6.07, 6.45) is 5.90. The SMILES string of the molecule is COCC1CCCN1c1ncnc2[nH]ccc12. The molecule has 17 heavy (non-hydrogen) atoms. The monoisotopic (exact) mass is 232 g/mol. The van der Waals surface area contributed by atoms with Gasteiger partial charge in [0.2, 0.25) is 0 Å². The summed E-state index contributed by atoms with van der Waals surface area (Å²) >= 11 is 0. The maximum Gasteiger partial charge on any atom is 0.142 e. The van der Waals surface area contributed by atoms with Crippen molar-refractivity contribution in [2.75, 3.05) is 25.2 Å². The first kappa shape index (κ1) is 10.5. The van der Waals surface area contributed by atoms with Crippen LogP contribution >= 0.6 is 0 Å². The molecule has 3 rings (SSSR count). The molecule has 1 aliphatic rings. The van der Waals surface area contributed by atoms with E-state index in [9.17, 15) is 0 Å². The minimum atomic E-state index is 0.438. The molecule has 2 aromatic rings. The maximum atomic E-state index is 5.28. The molecule has 0 spiro atoms. The van der Waals surface area contributed by atoms with Crippen LogP contribution in [-0.2, 0) is 4.74 Å². The molecule has 1 N–H and O–H groups in total. The molecule has 1 aliphatic heterocycles. The van der Waals surface area contributed by atoms with Crippen LogP contribution in [0, 0.1) is 0 Å². The predicted molar refractivity (Wildman–Crippen MR) is 66.1 cm³/mol. The van der Waals surface area contributed by atoms with E-state index < -0.39 is 0 Å². The Hall–Kier alpha value is -1.62. The number of nitrogens with zero attached hydrogens (tertiary/aromatic N) is 3. The first-order chi connectivity index (χ1) is 8.40. The van der Waals surface area contributed by atoms with Gasteiger partial charge < -0.3 is 14.6 Å². The molecule has 0 bridgehead atoms. The number of aromatic nitrogens is 3. The standard InChI is InChI=1S/C12H16N4O/c1-17-7-9-3-2-6-16(9)12-10-4-5-13-11(10)14-8-15-12/h4-5,8-9H,2-3,6-7H2,1H3,(H,13,14,15). The zero-order valence-electron chi connectivity index (χ0n) is 9.89. The predicted octanol–water partition coefficient (Wildman–Crippen LogP) is 1.57. The van der Waals surface area contributed by atoms with E-state index in [0.717, 1.165) is 30.0 Å². The van der Waals surface area contributed by atoms with Crippen LogP contribution in [0.4, 0.5) is 5.82 Å². The van der Waals surface area contributed by atoms with Crippen LogP contribution < -0.4 is 4.90 Å². The number of nitrogens with one attached hydrogen (secondary N) is 1. The van der Waals surface area contributed by atoms with Crippen LogP contribution in [0.5, 0.6) is 0 Å². The topological polar surface area (TPSA) is 54.0 Å². The summed E-state index contributed by atoms with van der Waals surface area (Å²) in [5.41, 5.74) is 0.901. The van der Waals surface area contributed by atoms with Gasteiger partial charge in [0.05, 0.1) is 18.0 Å². The maximum absolute atomic E-state index is 5.28. The molecule has 0 aliphatic carbocycles. The fourth-order valence-corrected chi connectivity index (χ4v) is 2.57. The Morgan fingerprint density at radius 1 is 1.53 bits per heavy atom. The van der Waals surface area contributed by atoms with Gasteiger partial charge in [-0.2, -0.15) is 0 Å². The third-order valence-electron chi connectivity index (χ3n) is 3.34. The van der Waals surface area contributed by atoms with Gasteiger partial charge in [0.25, 0.3) is 0 Å². The van der Waals surface area contributed by atoms with E-state index in [1.807, 2.05) is 12.3 Å². The summed E-state index contributed by atoms with van der Waals surface area (Å²) in [5.74, 6) is 1.02. The van der Waals surface area contributed by atoms with Gasteiger partial charge in [0, 0.05) is 19.9 Å². The number of fused-ring (bicyclic) bond motifs is 1. The van der Waals surface area contributed by atoms with Gasteiger partial charge in [0.1, 0.15) is 17.8 Å². The van der Waals surface area contributed by atoms with Crippen molar-refractivity contribution in [3.63, 3.8) is 0 Å². The normalized spacial score (nSPS) is 20.3. The third kappa shape index (κ3) is 1.76. The molecule has 0 aromatic carbocycles. The minimum Gasteiger partial charge on any atom is -0.383 e. The smallest absolute Gasteiger partial charge is 0.142 e. The number of H-pyrrole nitrogens is 1. The second kappa shape index (κ2) is 4.33. The number of ether oxygens (including phenoxy) is 1. The fourth-order valence-electron chi connectivity index (χ4n) is 2.57. The number of methoxy groups -OCH3 is 1. The Balaban J connectivity index is 1.99. The van der Waals surface area contributed by atoms with Gasteiger partial charge in [-0.25, -0.2) is 9.97 Å². The van der Waals surface area contributed by atoms with Crippen molar-refractivity contribution >= 4 is 16.9 Å². The van der Waals surface area contributed by atoms with E-state index in [4.69, 9.17) is 4.74 Å². The number of rotatable bonds is 3. The van der Waals surface area contributed by atoms with E-state index in [0.29, 0.717) is 6.04 Å². The Bertz CT molecular complexity index is 510. The molecule has 1 saturated heterocycles. The molecule has 90 valence electrons. The Kier molecular flexibility index (Phi) is 2.68. The molecule has 2 aromatic heterocycles. The molecule has 5 heteroatoms. The quantitative estimate of drug-likeness (QED) is 0.872. The number of hydrogen-bond acceptors (Lipinski definition) is 4. The van der Waals surface area contributed by atoms with Crippen LogP contribution in [-0.4, -0.2) is 41.3 Å². The average molecular weight is 232 g/mol. The van der Waals surface area contributed by atoms with E-state index >= 15 is 0 Å². The molecule has 5 nitrogen and oxygen atoms in total. The van der Waals surface area contributed by atoms with Crippen molar-refractivity contribution in [3.8, 4) is 0 Å². The van der Waals surface area contributed by atoms with E-state index in [-0.39, 0.29) is 0 Å². The molecule has 1 fully saturated rings. The van der Waals surface area contributed by atoms with Crippen LogP contribution in [0.3, 0.4) is 0 Å². The minimum absolute atomic E-state index is 0.438. The van der Waals surface area contributed by atoms with Crippen molar-refractivity contribution in [2.24, 2.45) is 0 Å². The molecular formula is C12H16N4O. The summed E-state index contributed by atoms with van der Waals surface area (Å²) in [7, 11) is 1.75. The Morgan fingerprint density at radius 2 is 2.47 bits per heavy atom. The zero-order valence-corrected chi connectivity index (χ0v) is 9.89. The average Bonchev–Trinajstić information content (AvgIpc) is 2.96. The number of anilines is 1. The van der Waals surface area contributed by atoms with Gasteiger partial charge in [-0.3, -0.25) is 0 Å². The lowest BCUT2D eigenvalue weighted by molar-refractivity contribution is 0.180. The van der Waals surface area contributed by atoms with E-state index in [1.54, 1.807) is 13.4 Å². The zero-order chi connectivity index (χ0) is 11.7. The van der Waals surface area contributed by atoms with Crippen molar-refractivity contribution in [1.29, 1.82) is 0 Å². The summed E-state index contributed by atoms with van der Waals surface area (Å²) < 4.78 is 5.28. The molecule has 0 amide bonds. The number of hydrogen-bond donors (Lipinski definition) is 1. The third-order valence-corrected chi connectivity index (χ3v) is 3.34. The molecular weight excluding hydrogens is 216 g/mol. The van der Waals surface area contributed by atoms with Crippen LogP contribution in [0.1, 0.15) is 12.8 Å². The van der Waals surface area contributed by atoms with Crippen molar-refractivity contribution < 1.29 is 4.74 Å². The second-order valence-corrected chi connectivity index (χ2v) is 4.38. The van der Waals surface area contributed by atoms with Crippen LogP contribution in [0.15, 0.2) is 18.6 Å². The van der Waals surface area contributed by atoms with Crippen molar-refractivity contribution in [1.82, 2.24) is 15.0 Å². The second-order valence-electron chi connectivity index (χ2n) is 4.38. The van der Waals surface area contributed by atoms with Gasteiger partial charge in [0.15, 0.2) is 0 Å². The summed E-state index contributed by atoms with van der Waals surface area (Å²) in [6.45, 7) is 1.81. The lowest BCUT2D eigenvalue weighted by atomic mass is 10.2. The van der Waals surface area contributed by atoms with Crippen LogP contribution in [0.2, 0.25) is 0 Å².